The maximum atomic E-state index is 11.1. The third-order valence-corrected chi connectivity index (χ3v) is 5.40. The second-order valence-electron chi connectivity index (χ2n) is 8.05. The average molecular weight is 397 g/mol. The molecule has 1 heterocycles. The summed E-state index contributed by atoms with van der Waals surface area (Å²) in [5, 5.41) is 11.1. The fourth-order valence-electron chi connectivity index (χ4n) is 4.12. The number of benzene rings is 2. The first-order valence-electron chi connectivity index (χ1n) is 10.3. The lowest BCUT2D eigenvalue weighted by Gasteiger charge is -2.38. The third-order valence-electron chi connectivity index (χ3n) is 5.40. The van der Waals surface area contributed by atoms with Crippen molar-refractivity contribution in [2.24, 2.45) is 0 Å². The molecule has 3 rings (SSSR count). The highest BCUT2D eigenvalue weighted by Crippen LogP contribution is 2.43. The Morgan fingerprint density at radius 3 is 2.21 bits per heavy atom. The van der Waals surface area contributed by atoms with Gasteiger partial charge in [-0.25, -0.2) is 0 Å². The maximum Gasteiger partial charge on any atom is 0.164 e. The van der Waals surface area contributed by atoms with Gasteiger partial charge >= 0.3 is 0 Å². The van der Waals surface area contributed by atoms with E-state index in [4.69, 9.17) is 14.2 Å². The van der Waals surface area contributed by atoms with E-state index in [2.05, 4.69) is 13.5 Å². The van der Waals surface area contributed by atoms with Crippen molar-refractivity contribution >= 4 is 0 Å². The van der Waals surface area contributed by atoms with Gasteiger partial charge in [0.25, 0.3) is 0 Å². The van der Waals surface area contributed by atoms with E-state index in [1.807, 2.05) is 74.5 Å². The Bertz CT molecular complexity index is 774. The lowest BCUT2D eigenvalue weighted by molar-refractivity contribution is -0.180. The molecule has 2 aromatic rings. The normalized spacial score (nSPS) is 25.4. The summed E-state index contributed by atoms with van der Waals surface area (Å²) in [4.78, 5) is 0. The zero-order valence-electron chi connectivity index (χ0n) is 17.6. The first-order chi connectivity index (χ1) is 13.9. The molecule has 4 heteroatoms. The first kappa shape index (κ1) is 21.7. The summed E-state index contributed by atoms with van der Waals surface area (Å²) in [6, 6.07) is 19.9. The van der Waals surface area contributed by atoms with Crippen molar-refractivity contribution in [2.75, 3.05) is 0 Å². The molecule has 2 aromatic carbocycles. The van der Waals surface area contributed by atoms with E-state index < -0.39 is 23.6 Å². The van der Waals surface area contributed by atoms with Gasteiger partial charge < -0.3 is 19.3 Å². The van der Waals surface area contributed by atoms with E-state index in [9.17, 15) is 5.11 Å². The number of aliphatic hydroxyl groups excluding tert-OH is 1. The highest BCUT2D eigenvalue weighted by atomic mass is 16.8. The quantitative estimate of drug-likeness (QED) is 0.626. The molecular weight excluding hydrogens is 364 g/mol. The first-order valence-corrected chi connectivity index (χ1v) is 10.3. The van der Waals surface area contributed by atoms with E-state index in [1.54, 1.807) is 6.08 Å². The van der Waals surface area contributed by atoms with Crippen LogP contribution in [0.25, 0.3) is 0 Å². The van der Waals surface area contributed by atoms with Crippen molar-refractivity contribution in [3.8, 4) is 0 Å². The Morgan fingerprint density at radius 2 is 1.66 bits per heavy atom. The van der Waals surface area contributed by atoms with Crippen molar-refractivity contribution in [3.05, 3.63) is 84.4 Å². The van der Waals surface area contributed by atoms with E-state index in [0.717, 1.165) is 11.1 Å². The van der Waals surface area contributed by atoms with Crippen LogP contribution in [-0.4, -0.2) is 34.8 Å². The lowest BCUT2D eigenvalue weighted by Crippen LogP contribution is -2.54. The summed E-state index contributed by atoms with van der Waals surface area (Å²) < 4.78 is 18.9. The Balaban J connectivity index is 1.83. The average Bonchev–Trinajstić information content (AvgIpc) is 3.02. The monoisotopic (exact) mass is 396 g/mol. The number of rotatable bonds is 9. The van der Waals surface area contributed by atoms with Gasteiger partial charge in [0, 0.05) is 6.42 Å². The molecule has 1 saturated heterocycles. The summed E-state index contributed by atoms with van der Waals surface area (Å²) in [6.45, 7) is 10.3. The van der Waals surface area contributed by atoms with Crippen LogP contribution in [0.1, 0.15) is 38.3 Å². The molecule has 0 amide bonds. The van der Waals surface area contributed by atoms with Gasteiger partial charge in [0.05, 0.1) is 18.8 Å². The van der Waals surface area contributed by atoms with Crippen molar-refractivity contribution in [3.63, 3.8) is 0 Å². The Kier molecular flexibility index (Phi) is 6.91. The summed E-state index contributed by atoms with van der Waals surface area (Å²) >= 11 is 0. The van der Waals surface area contributed by atoms with Crippen LogP contribution >= 0.6 is 0 Å². The molecule has 156 valence electrons. The number of hydrogen-bond acceptors (Lipinski definition) is 4. The van der Waals surface area contributed by atoms with E-state index in [0.29, 0.717) is 19.4 Å². The molecule has 1 aliphatic heterocycles. The van der Waals surface area contributed by atoms with E-state index in [-0.39, 0.29) is 6.10 Å². The number of ether oxygens (including phenoxy) is 3. The summed E-state index contributed by atoms with van der Waals surface area (Å²) in [6.07, 6.45) is 1.27. The second-order valence-corrected chi connectivity index (χ2v) is 8.05. The van der Waals surface area contributed by atoms with Gasteiger partial charge in [0.2, 0.25) is 0 Å². The van der Waals surface area contributed by atoms with Crippen molar-refractivity contribution in [1.29, 1.82) is 0 Å². The zero-order valence-corrected chi connectivity index (χ0v) is 17.6. The van der Waals surface area contributed by atoms with E-state index in [1.165, 1.54) is 0 Å². The smallest absolute Gasteiger partial charge is 0.164 e. The van der Waals surface area contributed by atoms with Crippen LogP contribution in [0.5, 0.6) is 0 Å². The summed E-state index contributed by atoms with van der Waals surface area (Å²) in [7, 11) is 0. The van der Waals surface area contributed by atoms with Gasteiger partial charge in [-0.2, -0.15) is 0 Å². The van der Waals surface area contributed by atoms with Gasteiger partial charge in [-0.1, -0.05) is 73.7 Å². The molecule has 0 aromatic heterocycles. The third kappa shape index (κ3) is 4.96. The van der Waals surface area contributed by atoms with Gasteiger partial charge in [0.1, 0.15) is 11.7 Å². The molecule has 0 bridgehead atoms. The lowest BCUT2D eigenvalue weighted by atomic mass is 9.84. The van der Waals surface area contributed by atoms with Crippen molar-refractivity contribution in [2.45, 2.75) is 69.9 Å². The molecule has 0 aliphatic carbocycles. The fraction of sp³-hybridized carbons (Fsp3) is 0.440. The van der Waals surface area contributed by atoms with Crippen molar-refractivity contribution in [1.82, 2.24) is 0 Å². The number of aliphatic hydroxyl groups is 1. The largest absolute Gasteiger partial charge is 0.390 e. The molecule has 1 N–H and O–H groups in total. The molecule has 1 fully saturated rings. The molecule has 4 atom stereocenters. The van der Waals surface area contributed by atoms with Crippen LogP contribution in [0.2, 0.25) is 0 Å². The summed E-state index contributed by atoms with van der Waals surface area (Å²) in [5.74, 6) is -0.847. The van der Waals surface area contributed by atoms with Crippen LogP contribution in [0.4, 0.5) is 0 Å². The second kappa shape index (κ2) is 9.23. The SMILES string of the molecule is C=C[C@]1([C@@H](CC)OCc2ccccc2)OC(C)(C)O[C@H]1[C@H](O)Cc1ccccc1. The molecule has 29 heavy (non-hydrogen) atoms. The van der Waals surface area contributed by atoms with Crippen LogP contribution in [0, 0.1) is 0 Å². The standard InChI is InChI=1S/C25H32O4/c1-5-22(27-18-20-15-11-8-12-16-20)25(6-2)23(28-24(3,4)29-25)21(26)17-19-13-9-7-10-14-19/h6-16,21-23,26H,2,5,17-18H2,1,3-4H3/t21-,22-,23+,25-/m1/s1. The zero-order chi connectivity index (χ0) is 20.9. The molecule has 4 nitrogen and oxygen atoms in total. The van der Waals surface area contributed by atoms with Crippen LogP contribution in [0.3, 0.4) is 0 Å². The Morgan fingerprint density at radius 1 is 1.07 bits per heavy atom. The topological polar surface area (TPSA) is 47.9 Å². The maximum absolute atomic E-state index is 11.1. The highest BCUT2D eigenvalue weighted by Gasteiger charge is 2.58. The minimum Gasteiger partial charge on any atom is -0.390 e. The van der Waals surface area contributed by atoms with Gasteiger partial charge in [-0.15, -0.1) is 6.58 Å². The minimum absolute atomic E-state index is 0.308. The molecule has 1 aliphatic rings. The highest BCUT2D eigenvalue weighted by molar-refractivity contribution is 5.20. The van der Waals surface area contributed by atoms with Gasteiger partial charge in [0.15, 0.2) is 5.79 Å². The Hall–Kier alpha value is -1.98. The molecular formula is C25H32O4. The molecule has 0 saturated carbocycles. The minimum atomic E-state index is -0.943. The summed E-state index contributed by atoms with van der Waals surface area (Å²) in [5.41, 5.74) is 1.19. The van der Waals surface area contributed by atoms with Crippen LogP contribution in [-0.2, 0) is 27.2 Å². The van der Waals surface area contributed by atoms with E-state index >= 15 is 0 Å². The molecule has 0 spiro atoms. The molecule has 0 unspecified atom stereocenters. The van der Waals surface area contributed by atoms with Crippen LogP contribution in [0.15, 0.2) is 73.3 Å². The Labute approximate surface area is 174 Å². The van der Waals surface area contributed by atoms with Crippen molar-refractivity contribution < 1.29 is 19.3 Å². The number of hydrogen-bond donors (Lipinski definition) is 1. The van der Waals surface area contributed by atoms with Crippen LogP contribution < -0.4 is 0 Å². The van der Waals surface area contributed by atoms with Gasteiger partial charge in [-0.05, 0) is 31.4 Å². The van der Waals surface area contributed by atoms with Gasteiger partial charge in [-0.3, -0.25) is 0 Å². The fourth-order valence-corrected chi connectivity index (χ4v) is 4.12. The predicted molar refractivity (Wildman–Crippen MR) is 114 cm³/mol. The predicted octanol–water partition coefficient (Wildman–Crippen LogP) is 4.66. The molecule has 0 radical (unpaired) electrons.